The van der Waals surface area contributed by atoms with E-state index in [0.717, 1.165) is 29.5 Å². The number of ether oxygens (including phenoxy) is 2. The lowest BCUT2D eigenvalue weighted by atomic mass is 10.0. The molecule has 3 aromatic carbocycles. The van der Waals surface area contributed by atoms with Gasteiger partial charge in [-0.05, 0) is 79.3 Å². The van der Waals surface area contributed by atoms with E-state index in [0.29, 0.717) is 22.1 Å². The van der Waals surface area contributed by atoms with E-state index < -0.39 is 5.97 Å². The SMILES string of the molecule is COc1ccc(-c2cccc(C(=O)O)c2)cc1CNC(=O)c1ccc(OC2CCCC2)cc1Cl. The summed E-state index contributed by atoms with van der Waals surface area (Å²) in [5, 5.41) is 12.5. The van der Waals surface area contributed by atoms with E-state index in [-0.39, 0.29) is 24.1 Å². The number of benzene rings is 3. The first-order valence-corrected chi connectivity index (χ1v) is 11.6. The van der Waals surface area contributed by atoms with E-state index >= 15 is 0 Å². The Morgan fingerprint density at radius 3 is 2.50 bits per heavy atom. The number of nitrogens with one attached hydrogen (secondary N) is 1. The van der Waals surface area contributed by atoms with Crippen LogP contribution in [0.3, 0.4) is 0 Å². The second-order valence-corrected chi connectivity index (χ2v) is 8.67. The van der Waals surface area contributed by atoms with Gasteiger partial charge in [-0.15, -0.1) is 0 Å². The summed E-state index contributed by atoms with van der Waals surface area (Å²) in [7, 11) is 1.56. The van der Waals surface area contributed by atoms with Crippen LogP contribution in [0.25, 0.3) is 11.1 Å². The third-order valence-electron chi connectivity index (χ3n) is 5.95. The van der Waals surface area contributed by atoms with Crippen LogP contribution in [0, 0.1) is 0 Å². The molecule has 0 saturated heterocycles. The van der Waals surface area contributed by atoms with Gasteiger partial charge in [-0.2, -0.15) is 0 Å². The molecule has 1 saturated carbocycles. The van der Waals surface area contributed by atoms with E-state index in [2.05, 4.69) is 5.32 Å². The number of carbonyl (C=O) groups excluding carboxylic acids is 1. The van der Waals surface area contributed by atoms with Crippen LogP contribution >= 0.6 is 11.6 Å². The fourth-order valence-corrected chi connectivity index (χ4v) is 4.41. The Hall–Kier alpha value is -3.51. The van der Waals surface area contributed by atoms with Crippen LogP contribution in [0.5, 0.6) is 11.5 Å². The van der Waals surface area contributed by atoms with Gasteiger partial charge in [-0.3, -0.25) is 4.79 Å². The number of amides is 1. The molecule has 1 fully saturated rings. The van der Waals surface area contributed by atoms with E-state index in [9.17, 15) is 14.7 Å². The number of carbonyl (C=O) groups is 2. The zero-order chi connectivity index (χ0) is 24.1. The van der Waals surface area contributed by atoms with Crippen LogP contribution in [0.2, 0.25) is 5.02 Å². The van der Waals surface area contributed by atoms with Gasteiger partial charge in [-0.25, -0.2) is 4.79 Å². The fourth-order valence-electron chi connectivity index (χ4n) is 4.15. The van der Waals surface area contributed by atoms with Crippen molar-refractivity contribution >= 4 is 23.5 Å². The average molecular weight is 480 g/mol. The number of halogens is 1. The summed E-state index contributed by atoms with van der Waals surface area (Å²) < 4.78 is 11.4. The maximum atomic E-state index is 12.8. The molecular formula is C27H26ClNO5. The molecule has 0 atom stereocenters. The first-order valence-electron chi connectivity index (χ1n) is 11.2. The Kier molecular flexibility index (Phi) is 7.38. The summed E-state index contributed by atoms with van der Waals surface area (Å²) in [5.74, 6) is -0.00612. The number of carboxylic acid groups (broad SMARTS) is 1. The van der Waals surface area contributed by atoms with Crippen LogP contribution in [-0.4, -0.2) is 30.2 Å². The summed E-state index contributed by atoms with van der Waals surface area (Å²) in [6.45, 7) is 0.213. The van der Waals surface area contributed by atoms with Gasteiger partial charge < -0.3 is 19.9 Å². The highest BCUT2D eigenvalue weighted by molar-refractivity contribution is 6.34. The van der Waals surface area contributed by atoms with Crippen LogP contribution < -0.4 is 14.8 Å². The zero-order valence-electron chi connectivity index (χ0n) is 18.8. The quantitative estimate of drug-likeness (QED) is 0.416. The van der Waals surface area contributed by atoms with Crippen molar-refractivity contribution in [3.8, 4) is 22.6 Å². The number of carboxylic acids is 1. The Balaban J connectivity index is 1.48. The van der Waals surface area contributed by atoms with Crippen LogP contribution in [-0.2, 0) is 6.54 Å². The number of aromatic carboxylic acids is 1. The molecule has 0 unspecified atom stereocenters. The van der Waals surface area contributed by atoms with Crippen molar-refractivity contribution < 1.29 is 24.2 Å². The van der Waals surface area contributed by atoms with Crippen molar-refractivity contribution in [3.05, 3.63) is 82.4 Å². The average Bonchev–Trinajstić information content (AvgIpc) is 3.35. The van der Waals surface area contributed by atoms with Crippen molar-refractivity contribution in [2.45, 2.75) is 38.3 Å². The molecule has 1 aliphatic carbocycles. The standard InChI is InChI=1S/C27H26ClNO5/c1-33-25-12-9-18(17-5-4-6-19(13-17)27(31)32)14-20(25)16-29-26(30)23-11-10-22(15-24(23)28)34-21-7-2-3-8-21/h4-6,9-15,21H,2-3,7-8,16H2,1H3,(H,29,30)(H,31,32). The highest BCUT2D eigenvalue weighted by atomic mass is 35.5. The van der Waals surface area contributed by atoms with Gasteiger partial charge in [0.2, 0.25) is 0 Å². The molecule has 0 bridgehead atoms. The first-order chi connectivity index (χ1) is 16.4. The molecular weight excluding hydrogens is 454 g/mol. The highest BCUT2D eigenvalue weighted by Gasteiger charge is 2.18. The lowest BCUT2D eigenvalue weighted by Gasteiger charge is -2.15. The fraction of sp³-hybridized carbons (Fsp3) is 0.259. The Labute approximate surface area is 203 Å². The predicted octanol–water partition coefficient (Wildman–Crippen LogP) is 5.97. The number of rotatable bonds is 8. The molecule has 4 rings (SSSR count). The largest absolute Gasteiger partial charge is 0.496 e. The van der Waals surface area contributed by atoms with Crippen LogP contribution in [0.15, 0.2) is 60.7 Å². The lowest BCUT2D eigenvalue weighted by Crippen LogP contribution is -2.23. The number of hydrogen-bond donors (Lipinski definition) is 2. The van der Waals surface area contributed by atoms with E-state index in [1.54, 1.807) is 49.6 Å². The smallest absolute Gasteiger partial charge is 0.335 e. The number of hydrogen-bond acceptors (Lipinski definition) is 4. The van der Waals surface area contributed by atoms with Gasteiger partial charge in [0.25, 0.3) is 5.91 Å². The van der Waals surface area contributed by atoms with Gasteiger partial charge in [0.05, 0.1) is 29.4 Å². The third-order valence-corrected chi connectivity index (χ3v) is 6.27. The normalized spacial score (nSPS) is 13.5. The van der Waals surface area contributed by atoms with Crippen molar-refractivity contribution in [1.29, 1.82) is 0 Å². The van der Waals surface area contributed by atoms with Crippen LogP contribution in [0.1, 0.15) is 52.0 Å². The third kappa shape index (κ3) is 5.51. The molecule has 0 aliphatic heterocycles. The summed E-state index contributed by atoms with van der Waals surface area (Å²) in [4.78, 5) is 24.1. The van der Waals surface area contributed by atoms with Gasteiger partial charge in [0.15, 0.2) is 0 Å². The van der Waals surface area contributed by atoms with Gasteiger partial charge in [0.1, 0.15) is 11.5 Å². The highest BCUT2D eigenvalue weighted by Crippen LogP contribution is 2.29. The van der Waals surface area contributed by atoms with E-state index in [4.69, 9.17) is 21.1 Å². The summed E-state index contributed by atoms with van der Waals surface area (Å²) in [6.07, 6.45) is 4.65. The minimum Gasteiger partial charge on any atom is -0.496 e. The molecule has 2 N–H and O–H groups in total. The van der Waals surface area contributed by atoms with Gasteiger partial charge in [-0.1, -0.05) is 29.8 Å². The molecule has 1 amide bonds. The molecule has 0 aromatic heterocycles. The number of methoxy groups -OCH3 is 1. The monoisotopic (exact) mass is 479 g/mol. The van der Waals surface area contributed by atoms with Crippen molar-refractivity contribution in [1.82, 2.24) is 5.32 Å². The zero-order valence-corrected chi connectivity index (χ0v) is 19.6. The Morgan fingerprint density at radius 2 is 1.79 bits per heavy atom. The molecule has 6 nitrogen and oxygen atoms in total. The molecule has 3 aromatic rings. The summed E-state index contributed by atoms with van der Waals surface area (Å²) in [5.41, 5.74) is 2.91. The minimum absolute atomic E-state index is 0.207. The molecule has 34 heavy (non-hydrogen) atoms. The Bertz CT molecular complexity index is 1200. The van der Waals surface area contributed by atoms with E-state index in [1.165, 1.54) is 12.8 Å². The second-order valence-electron chi connectivity index (χ2n) is 8.26. The molecule has 0 heterocycles. The first kappa shape index (κ1) is 23.6. The van der Waals surface area contributed by atoms with Crippen molar-refractivity contribution in [3.63, 3.8) is 0 Å². The predicted molar refractivity (Wildman–Crippen MR) is 131 cm³/mol. The summed E-state index contributed by atoms with van der Waals surface area (Å²) in [6, 6.07) is 17.4. The van der Waals surface area contributed by atoms with E-state index in [1.807, 2.05) is 18.2 Å². The van der Waals surface area contributed by atoms with Gasteiger partial charge in [0, 0.05) is 12.1 Å². The lowest BCUT2D eigenvalue weighted by molar-refractivity contribution is 0.0696. The minimum atomic E-state index is -0.987. The molecule has 1 aliphatic rings. The van der Waals surface area contributed by atoms with Crippen molar-refractivity contribution in [2.24, 2.45) is 0 Å². The Morgan fingerprint density at radius 1 is 1.03 bits per heavy atom. The van der Waals surface area contributed by atoms with Gasteiger partial charge >= 0.3 is 5.97 Å². The maximum absolute atomic E-state index is 12.8. The molecule has 176 valence electrons. The second kappa shape index (κ2) is 10.6. The van der Waals surface area contributed by atoms with Crippen molar-refractivity contribution in [2.75, 3.05) is 7.11 Å². The summed E-state index contributed by atoms with van der Waals surface area (Å²) >= 11 is 6.38. The maximum Gasteiger partial charge on any atom is 0.335 e. The molecule has 0 spiro atoms. The topological polar surface area (TPSA) is 84.9 Å². The molecule has 0 radical (unpaired) electrons. The van der Waals surface area contributed by atoms with Crippen LogP contribution in [0.4, 0.5) is 0 Å². The molecule has 7 heteroatoms.